The second kappa shape index (κ2) is 6.15. The van der Waals surface area contributed by atoms with Crippen molar-refractivity contribution in [2.24, 2.45) is 5.73 Å². The molecule has 1 aromatic carbocycles. The Kier molecular flexibility index (Phi) is 4.08. The van der Waals surface area contributed by atoms with E-state index in [0.717, 1.165) is 31.4 Å². The van der Waals surface area contributed by atoms with Crippen LogP contribution in [0, 0.1) is 0 Å². The van der Waals surface area contributed by atoms with Gasteiger partial charge in [0, 0.05) is 25.5 Å². The molecule has 0 aliphatic carbocycles. The second-order valence-electron chi connectivity index (χ2n) is 5.16. The third-order valence-corrected chi connectivity index (χ3v) is 3.57. The van der Waals surface area contributed by atoms with Crippen LogP contribution >= 0.6 is 0 Å². The van der Waals surface area contributed by atoms with Crippen molar-refractivity contribution in [1.82, 2.24) is 10.1 Å². The molecule has 1 aromatic heterocycles. The lowest BCUT2D eigenvalue weighted by molar-refractivity contribution is 0.109. The average Bonchev–Trinajstić information content (AvgIpc) is 3.12. The van der Waals surface area contributed by atoms with Gasteiger partial charge < -0.3 is 15.0 Å². The SMILES string of the molecule is NC(Cc1nc(CC2CCCO2)no1)c1ccccc1. The van der Waals surface area contributed by atoms with Gasteiger partial charge in [-0.15, -0.1) is 0 Å². The van der Waals surface area contributed by atoms with Crippen molar-refractivity contribution in [2.75, 3.05) is 6.61 Å². The number of rotatable bonds is 5. The average molecular weight is 273 g/mol. The molecule has 20 heavy (non-hydrogen) atoms. The standard InChI is InChI=1S/C15H19N3O2/c16-13(11-5-2-1-3-6-11)10-15-17-14(18-20-15)9-12-7-4-8-19-12/h1-3,5-6,12-13H,4,7-10,16H2. The van der Waals surface area contributed by atoms with Gasteiger partial charge >= 0.3 is 0 Å². The molecule has 1 saturated heterocycles. The molecular weight excluding hydrogens is 254 g/mol. The summed E-state index contributed by atoms with van der Waals surface area (Å²) in [5, 5.41) is 4.00. The summed E-state index contributed by atoms with van der Waals surface area (Å²) >= 11 is 0. The summed E-state index contributed by atoms with van der Waals surface area (Å²) in [5.41, 5.74) is 7.22. The molecule has 1 fully saturated rings. The number of ether oxygens (including phenoxy) is 1. The van der Waals surface area contributed by atoms with Crippen LogP contribution in [0.5, 0.6) is 0 Å². The normalized spacial score (nSPS) is 20.1. The molecule has 2 N–H and O–H groups in total. The smallest absolute Gasteiger partial charge is 0.228 e. The summed E-state index contributed by atoms with van der Waals surface area (Å²) < 4.78 is 10.8. The van der Waals surface area contributed by atoms with Gasteiger partial charge in [0.05, 0.1) is 6.10 Å². The van der Waals surface area contributed by atoms with E-state index in [2.05, 4.69) is 10.1 Å². The quantitative estimate of drug-likeness (QED) is 0.902. The lowest BCUT2D eigenvalue weighted by Gasteiger charge is -2.08. The van der Waals surface area contributed by atoms with Crippen molar-refractivity contribution in [3.63, 3.8) is 0 Å². The van der Waals surface area contributed by atoms with Crippen molar-refractivity contribution in [3.05, 3.63) is 47.6 Å². The number of hydrogen-bond donors (Lipinski definition) is 1. The molecule has 0 radical (unpaired) electrons. The Labute approximate surface area is 118 Å². The monoisotopic (exact) mass is 273 g/mol. The van der Waals surface area contributed by atoms with Crippen LogP contribution in [-0.4, -0.2) is 22.9 Å². The molecule has 3 rings (SSSR count). The summed E-state index contributed by atoms with van der Waals surface area (Å²) in [5.74, 6) is 1.31. The van der Waals surface area contributed by atoms with E-state index in [4.69, 9.17) is 15.0 Å². The molecule has 2 unspecified atom stereocenters. The molecule has 1 aliphatic heterocycles. The first-order valence-corrected chi connectivity index (χ1v) is 7.05. The molecule has 0 spiro atoms. The van der Waals surface area contributed by atoms with Gasteiger partial charge in [0.25, 0.3) is 0 Å². The summed E-state index contributed by atoms with van der Waals surface area (Å²) in [6.07, 6.45) is 3.72. The molecule has 2 aromatic rings. The van der Waals surface area contributed by atoms with E-state index >= 15 is 0 Å². The van der Waals surface area contributed by atoms with Crippen LogP contribution in [0.4, 0.5) is 0 Å². The van der Waals surface area contributed by atoms with Crippen molar-refractivity contribution in [3.8, 4) is 0 Å². The molecule has 2 heterocycles. The number of nitrogens with zero attached hydrogens (tertiary/aromatic N) is 2. The van der Waals surface area contributed by atoms with Gasteiger partial charge in [-0.05, 0) is 18.4 Å². The van der Waals surface area contributed by atoms with E-state index < -0.39 is 0 Å². The minimum Gasteiger partial charge on any atom is -0.378 e. The van der Waals surface area contributed by atoms with E-state index in [1.807, 2.05) is 30.3 Å². The van der Waals surface area contributed by atoms with Crippen LogP contribution in [-0.2, 0) is 17.6 Å². The van der Waals surface area contributed by atoms with E-state index in [0.29, 0.717) is 18.1 Å². The zero-order chi connectivity index (χ0) is 13.8. The Morgan fingerprint density at radius 3 is 2.90 bits per heavy atom. The Balaban J connectivity index is 1.59. The van der Waals surface area contributed by atoms with Gasteiger partial charge in [-0.2, -0.15) is 4.98 Å². The topological polar surface area (TPSA) is 74.2 Å². The Morgan fingerprint density at radius 1 is 1.30 bits per heavy atom. The number of nitrogens with two attached hydrogens (primary N) is 1. The van der Waals surface area contributed by atoms with Gasteiger partial charge in [0.15, 0.2) is 5.82 Å². The maximum atomic E-state index is 6.15. The molecule has 5 nitrogen and oxygen atoms in total. The van der Waals surface area contributed by atoms with E-state index in [-0.39, 0.29) is 12.1 Å². The van der Waals surface area contributed by atoms with Crippen LogP contribution < -0.4 is 5.73 Å². The van der Waals surface area contributed by atoms with Crippen LogP contribution in [0.15, 0.2) is 34.9 Å². The predicted octanol–water partition coefficient (Wildman–Crippen LogP) is 2.03. The first-order valence-electron chi connectivity index (χ1n) is 7.05. The zero-order valence-corrected chi connectivity index (χ0v) is 11.4. The minimum absolute atomic E-state index is 0.118. The molecule has 2 atom stereocenters. The Hall–Kier alpha value is -1.72. The van der Waals surface area contributed by atoms with Gasteiger partial charge in [-0.25, -0.2) is 0 Å². The van der Waals surface area contributed by atoms with Crippen molar-refractivity contribution in [1.29, 1.82) is 0 Å². The molecule has 5 heteroatoms. The maximum Gasteiger partial charge on any atom is 0.228 e. The third-order valence-electron chi connectivity index (χ3n) is 3.57. The first-order chi connectivity index (χ1) is 9.81. The van der Waals surface area contributed by atoms with E-state index in [1.165, 1.54) is 0 Å². The van der Waals surface area contributed by atoms with Crippen LogP contribution in [0.2, 0.25) is 0 Å². The van der Waals surface area contributed by atoms with Crippen molar-refractivity contribution >= 4 is 0 Å². The summed E-state index contributed by atoms with van der Waals surface area (Å²) in [7, 11) is 0. The third kappa shape index (κ3) is 3.23. The Morgan fingerprint density at radius 2 is 2.15 bits per heavy atom. The highest BCUT2D eigenvalue weighted by atomic mass is 16.5. The molecular formula is C15H19N3O2. The Bertz CT molecular complexity index is 535. The fourth-order valence-electron chi connectivity index (χ4n) is 2.47. The summed E-state index contributed by atoms with van der Waals surface area (Å²) in [6.45, 7) is 0.842. The fourth-order valence-corrected chi connectivity index (χ4v) is 2.47. The van der Waals surface area contributed by atoms with Crippen LogP contribution in [0.1, 0.15) is 36.2 Å². The van der Waals surface area contributed by atoms with Crippen LogP contribution in [0.3, 0.4) is 0 Å². The van der Waals surface area contributed by atoms with E-state index in [9.17, 15) is 0 Å². The van der Waals surface area contributed by atoms with Crippen LogP contribution in [0.25, 0.3) is 0 Å². The van der Waals surface area contributed by atoms with Gasteiger partial charge in [-0.3, -0.25) is 0 Å². The molecule has 0 bridgehead atoms. The molecule has 0 saturated carbocycles. The largest absolute Gasteiger partial charge is 0.378 e. The molecule has 106 valence electrons. The second-order valence-corrected chi connectivity index (χ2v) is 5.16. The summed E-state index contributed by atoms with van der Waals surface area (Å²) in [4.78, 5) is 4.40. The van der Waals surface area contributed by atoms with Gasteiger partial charge in [-0.1, -0.05) is 35.5 Å². The molecule has 1 aliphatic rings. The van der Waals surface area contributed by atoms with E-state index in [1.54, 1.807) is 0 Å². The predicted molar refractivity (Wildman–Crippen MR) is 74.1 cm³/mol. The highest BCUT2D eigenvalue weighted by Gasteiger charge is 2.19. The number of hydrogen-bond acceptors (Lipinski definition) is 5. The molecule has 0 amide bonds. The highest BCUT2D eigenvalue weighted by molar-refractivity contribution is 5.19. The lowest BCUT2D eigenvalue weighted by Crippen LogP contribution is -2.13. The van der Waals surface area contributed by atoms with Crippen molar-refractivity contribution < 1.29 is 9.26 Å². The van der Waals surface area contributed by atoms with Crippen molar-refractivity contribution in [2.45, 2.75) is 37.8 Å². The highest BCUT2D eigenvalue weighted by Crippen LogP contribution is 2.18. The number of aromatic nitrogens is 2. The first kappa shape index (κ1) is 13.3. The summed E-state index contributed by atoms with van der Waals surface area (Å²) in [6, 6.07) is 9.83. The minimum atomic E-state index is -0.118. The number of benzene rings is 1. The maximum absolute atomic E-state index is 6.15. The fraction of sp³-hybridized carbons (Fsp3) is 0.467. The van der Waals surface area contributed by atoms with Gasteiger partial charge in [0.2, 0.25) is 5.89 Å². The zero-order valence-electron chi connectivity index (χ0n) is 11.4. The van der Waals surface area contributed by atoms with Gasteiger partial charge in [0.1, 0.15) is 0 Å². The lowest BCUT2D eigenvalue weighted by atomic mass is 10.1.